The summed E-state index contributed by atoms with van der Waals surface area (Å²) in [5, 5.41) is 0. The highest BCUT2D eigenvalue weighted by atomic mass is 32.2. The first-order chi connectivity index (χ1) is 13.9. The van der Waals surface area contributed by atoms with E-state index in [1.165, 1.54) is 0 Å². The van der Waals surface area contributed by atoms with Crippen molar-refractivity contribution in [1.29, 1.82) is 0 Å². The van der Waals surface area contributed by atoms with Crippen molar-refractivity contribution in [2.24, 2.45) is 5.92 Å². The van der Waals surface area contributed by atoms with Crippen LogP contribution >= 0.6 is 0 Å². The van der Waals surface area contributed by atoms with Gasteiger partial charge in [0.25, 0.3) is 0 Å². The summed E-state index contributed by atoms with van der Waals surface area (Å²) in [7, 11) is -3.80. The van der Waals surface area contributed by atoms with Gasteiger partial charge in [0.1, 0.15) is 0 Å². The summed E-state index contributed by atoms with van der Waals surface area (Å²) in [6.07, 6.45) is 0.504. The zero-order valence-electron chi connectivity index (χ0n) is 16.6. The molecule has 0 bridgehead atoms. The van der Waals surface area contributed by atoms with Gasteiger partial charge in [0.05, 0.1) is 10.9 Å². The molecule has 29 heavy (non-hydrogen) atoms. The van der Waals surface area contributed by atoms with E-state index >= 15 is 0 Å². The first kappa shape index (κ1) is 21.0. The minimum absolute atomic E-state index is 0.0754. The van der Waals surface area contributed by atoms with Crippen LogP contribution in [0.25, 0.3) is 0 Å². The van der Waals surface area contributed by atoms with Gasteiger partial charge >= 0.3 is 0 Å². The van der Waals surface area contributed by atoms with Crippen molar-refractivity contribution in [1.82, 2.24) is 4.72 Å². The van der Waals surface area contributed by atoms with Gasteiger partial charge in [0.15, 0.2) is 5.78 Å². The van der Waals surface area contributed by atoms with Crippen LogP contribution in [0.5, 0.6) is 0 Å². The van der Waals surface area contributed by atoms with Crippen molar-refractivity contribution in [3.63, 3.8) is 0 Å². The number of ketones is 1. The Morgan fingerprint density at radius 3 is 1.97 bits per heavy atom. The molecular formula is C24H25NO3S. The average Bonchev–Trinajstić information content (AvgIpc) is 2.75. The Bertz CT molecular complexity index is 1050. The number of sulfonamides is 1. The number of hydrogen-bond donors (Lipinski definition) is 1. The second kappa shape index (κ2) is 9.16. The van der Waals surface area contributed by atoms with E-state index in [1.54, 1.807) is 36.4 Å². The average molecular weight is 408 g/mol. The highest BCUT2D eigenvalue weighted by molar-refractivity contribution is 7.89. The van der Waals surface area contributed by atoms with E-state index in [9.17, 15) is 13.2 Å². The van der Waals surface area contributed by atoms with Crippen LogP contribution in [0.4, 0.5) is 0 Å². The van der Waals surface area contributed by atoms with Crippen molar-refractivity contribution in [3.05, 3.63) is 102 Å². The van der Waals surface area contributed by atoms with E-state index in [-0.39, 0.29) is 10.7 Å². The van der Waals surface area contributed by atoms with Crippen molar-refractivity contribution in [3.8, 4) is 0 Å². The first-order valence-corrected chi connectivity index (χ1v) is 11.1. The van der Waals surface area contributed by atoms with E-state index in [1.807, 2.05) is 62.4 Å². The van der Waals surface area contributed by atoms with Gasteiger partial charge < -0.3 is 0 Å². The summed E-state index contributed by atoms with van der Waals surface area (Å²) in [6.45, 7) is 3.81. The maximum Gasteiger partial charge on any atom is 0.241 e. The molecule has 0 radical (unpaired) electrons. The predicted octanol–water partition coefficient (Wildman–Crippen LogP) is 4.92. The number of carbonyl (C=O) groups is 1. The molecule has 1 N–H and O–H groups in total. The first-order valence-electron chi connectivity index (χ1n) is 9.65. The fourth-order valence-electron chi connectivity index (χ4n) is 3.38. The van der Waals surface area contributed by atoms with Gasteiger partial charge in [0, 0.05) is 11.5 Å². The Morgan fingerprint density at radius 2 is 1.41 bits per heavy atom. The summed E-state index contributed by atoms with van der Waals surface area (Å²) >= 11 is 0. The molecule has 2 unspecified atom stereocenters. The minimum atomic E-state index is -3.80. The standard InChI is InChI=1S/C24H25NO3S/c1-3-22(24(26)20-12-8-5-9-13-20)23(19-10-6-4-7-11-19)25-29(27,28)21-16-14-18(2)15-17-21/h4-17,22-23,25H,3H2,1-2H3. The maximum absolute atomic E-state index is 13.2. The van der Waals surface area contributed by atoms with E-state index in [0.717, 1.165) is 11.1 Å². The van der Waals surface area contributed by atoms with Crippen molar-refractivity contribution in [2.75, 3.05) is 0 Å². The van der Waals surface area contributed by atoms with Crippen LogP contribution in [0.2, 0.25) is 0 Å². The van der Waals surface area contributed by atoms with E-state index in [0.29, 0.717) is 12.0 Å². The summed E-state index contributed by atoms with van der Waals surface area (Å²) in [5.74, 6) is -0.603. The molecule has 3 aromatic rings. The molecule has 0 fully saturated rings. The smallest absolute Gasteiger partial charge is 0.241 e. The van der Waals surface area contributed by atoms with Crippen LogP contribution in [-0.2, 0) is 10.0 Å². The van der Waals surface area contributed by atoms with E-state index in [2.05, 4.69) is 4.72 Å². The molecule has 0 heterocycles. The number of hydrogen-bond acceptors (Lipinski definition) is 3. The number of Topliss-reactive ketones (excluding diaryl/α,β-unsaturated/α-hetero) is 1. The van der Waals surface area contributed by atoms with Crippen molar-refractivity contribution >= 4 is 15.8 Å². The van der Waals surface area contributed by atoms with Gasteiger partial charge in [-0.2, -0.15) is 0 Å². The zero-order chi connectivity index (χ0) is 20.9. The lowest BCUT2D eigenvalue weighted by Gasteiger charge is -2.27. The quantitative estimate of drug-likeness (QED) is 0.539. The topological polar surface area (TPSA) is 63.2 Å². The van der Waals surface area contributed by atoms with E-state index in [4.69, 9.17) is 0 Å². The molecule has 0 aliphatic rings. The second-order valence-corrected chi connectivity index (χ2v) is 8.78. The van der Waals surface area contributed by atoms with Crippen LogP contribution in [0.15, 0.2) is 89.8 Å². The molecule has 0 aliphatic carbocycles. The number of carbonyl (C=O) groups excluding carboxylic acids is 1. The van der Waals surface area contributed by atoms with Gasteiger partial charge in [-0.1, -0.05) is 85.3 Å². The van der Waals surface area contributed by atoms with Gasteiger partial charge in [-0.15, -0.1) is 0 Å². The second-order valence-electron chi connectivity index (χ2n) is 7.07. The molecule has 3 aromatic carbocycles. The van der Waals surface area contributed by atoms with Gasteiger partial charge in [0.2, 0.25) is 10.0 Å². The zero-order valence-corrected chi connectivity index (χ0v) is 17.4. The van der Waals surface area contributed by atoms with Crippen LogP contribution in [-0.4, -0.2) is 14.2 Å². The predicted molar refractivity (Wildman–Crippen MR) is 115 cm³/mol. The third-order valence-corrected chi connectivity index (χ3v) is 6.47. The van der Waals surface area contributed by atoms with E-state index < -0.39 is 22.0 Å². The fourth-order valence-corrected chi connectivity index (χ4v) is 4.65. The number of aryl methyl sites for hydroxylation is 1. The van der Waals surface area contributed by atoms with Crippen molar-refractivity contribution in [2.45, 2.75) is 31.2 Å². The molecule has 0 saturated carbocycles. The fraction of sp³-hybridized carbons (Fsp3) is 0.208. The lowest BCUT2D eigenvalue weighted by molar-refractivity contribution is 0.0892. The lowest BCUT2D eigenvalue weighted by Crippen LogP contribution is -2.36. The summed E-state index contributed by atoms with van der Waals surface area (Å²) in [5.41, 5.74) is 2.32. The molecule has 4 nitrogen and oxygen atoms in total. The summed E-state index contributed by atoms with van der Waals surface area (Å²) < 4.78 is 29.0. The largest absolute Gasteiger partial charge is 0.294 e. The monoisotopic (exact) mass is 407 g/mol. The molecule has 0 amide bonds. The van der Waals surface area contributed by atoms with Gasteiger partial charge in [-0.25, -0.2) is 13.1 Å². The Labute approximate surface area is 172 Å². The van der Waals surface area contributed by atoms with Crippen LogP contribution < -0.4 is 4.72 Å². The molecule has 0 spiro atoms. The SMILES string of the molecule is CCC(C(=O)c1ccccc1)C(NS(=O)(=O)c1ccc(C)cc1)c1ccccc1. The molecule has 3 rings (SSSR count). The van der Waals surface area contributed by atoms with Crippen molar-refractivity contribution < 1.29 is 13.2 Å². The maximum atomic E-state index is 13.2. The molecular weight excluding hydrogens is 382 g/mol. The Kier molecular flexibility index (Phi) is 6.62. The number of nitrogens with one attached hydrogen (secondary N) is 1. The minimum Gasteiger partial charge on any atom is -0.294 e. The van der Waals surface area contributed by atoms with Crippen LogP contribution in [0.1, 0.15) is 40.9 Å². The van der Waals surface area contributed by atoms with Crippen LogP contribution in [0.3, 0.4) is 0 Å². The molecule has 0 aliphatic heterocycles. The highest BCUT2D eigenvalue weighted by Crippen LogP contribution is 2.30. The lowest BCUT2D eigenvalue weighted by atomic mass is 9.85. The number of rotatable bonds is 8. The Hall–Kier alpha value is -2.76. The number of benzene rings is 3. The molecule has 0 aromatic heterocycles. The third kappa shape index (κ3) is 5.00. The molecule has 150 valence electrons. The molecule has 2 atom stereocenters. The van der Waals surface area contributed by atoms with Crippen LogP contribution in [0, 0.1) is 12.8 Å². The van der Waals surface area contributed by atoms with Gasteiger partial charge in [-0.05, 0) is 31.0 Å². The Morgan fingerprint density at radius 1 is 0.862 bits per heavy atom. The summed E-state index contributed by atoms with van der Waals surface area (Å²) in [4.78, 5) is 13.4. The normalized spacial score (nSPS) is 13.6. The molecule has 5 heteroatoms. The highest BCUT2D eigenvalue weighted by Gasteiger charge is 2.32. The van der Waals surface area contributed by atoms with Gasteiger partial charge in [-0.3, -0.25) is 4.79 Å². The Balaban J connectivity index is 2.00. The third-order valence-electron chi connectivity index (χ3n) is 5.01. The summed E-state index contributed by atoms with van der Waals surface area (Å²) in [6, 6.07) is 24.3. The molecule has 0 saturated heterocycles.